The zero-order valence-corrected chi connectivity index (χ0v) is 8.84. The third-order valence-electron chi connectivity index (χ3n) is 2.57. The summed E-state index contributed by atoms with van der Waals surface area (Å²) in [6.07, 6.45) is 1.65. The summed E-state index contributed by atoms with van der Waals surface area (Å²) in [6.45, 7) is 2.64. The van der Waals surface area contributed by atoms with Gasteiger partial charge < -0.3 is 15.2 Å². The van der Waals surface area contributed by atoms with Crippen LogP contribution < -0.4 is 10.6 Å². The van der Waals surface area contributed by atoms with Crippen molar-refractivity contribution in [1.82, 2.24) is 10.1 Å². The quantitative estimate of drug-likeness (QED) is 0.811. The molecule has 0 aliphatic heterocycles. The smallest absolute Gasteiger partial charge is 0.259 e. The Morgan fingerprint density at radius 1 is 1.53 bits per heavy atom. The Morgan fingerprint density at radius 3 is 3.07 bits per heavy atom. The normalized spacial score (nSPS) is 13.0. The van der Waals surface area contributed by atoms with Crippen molar-refractivity contribution in [3.05, 3.63) is 18.3 Å². The predicted octanol–water partition coefficient (Wildman–Crippen LogP) is 1.01. The molecule has 0 bridgehead atoms. The molecule has 1 unspecified atom stereocenters. The molecule has 0 saturated carbocycles. The summed E-state index contributed by atoms with van der Waals surface area (Å²) >= 11 is 0. The third kappa shape index (κ3) is 1.78. The minimum atomic E-state index is 0.248. The lowest BCUT2D eigenvalue weighted by atomic mass is 10.3. The molecule has 0 saturated heterocycles. The van der Waals surface area contributed by atoms with Crippen LogP contribution in [0.5, 0.6) is 0 Å². The number of hydrogen-bond acceptors (Lipinski definition) is 5. The first-order valence-electron chi connectivity index (χ1n) is 4.86. The van der Waals surface area contributed by atoms with E-state index in [2.05, 4.69) is 10.1 Å². The van der Waals surface area contributed by atoms with E-state index in [0.29, 0.717) is 12.3 Å². The van der Waals surface area contributed by atoms with Crippen LogP contribution in [-0.2, 0) is 0 Å². The van der Waals surface area contributed by atoms with Gasteiger partial charge in [-0.3, -0.25) is 0 Å². The molecule has 2 N–H and O–H groups in total. The molecule has 5 nitrogen and oxygen atoms in total. The number of nitrogens with two attached hydrogens (primary N) is 1. The van der Waals surface area contributed by atoms with Crippen LogP contribution in [-0.4, -0.2) is 29.8 Å². The number of fused-ring (bicyclic) bond motifs is 1. The highest BCUT2D eigenvalue weighted by atomic mass is 16.5. The van der Waals surface area contributed by atoms with Gasteiger partial charge in [-0.1, -0.05) is 5.16 Å². The highest BCUT2D eigenvalue weighted by Gasteiger charge is 2.10. The molecular weight excluding hydrogens is 192 g/mol. The maximum Gasteiger partial charge on any atom is 0.259 e. The van der Waals surface area contributed by atoms with E-state index in [1.165, 1.54) is 0 Å². The summed E-state index contributed by atoms with van der Waals surface area (Å²) in [7, 11) is 1.96. The van der Waals surface area contributed by atoms with Crippen LogP contribution in [0.2, 0.25) is 0 Å². The Bertz CT molecular complexity index is 453. The van der Waals surface area contributed by atoms with Crippen LogP contribution >= 0.6 is 0 Å². The van der Waals surface area contributed by atoms with Gasteiger partial charge in [-0.25, -0.2) is 0 Å². The average molecular weight is 206 g/mol. The van der Waals surface area contributed by atoms with Gasteiger partial charge in [-0.05, 0) is 19.1 Å². The SMILES string of the molecule is CC(CN)N(C)c1ccc2cnoc2n1. The van der Waals surface area contributed by atoms with Crippen LogP contribution in [0.1, 0.15) is 6.92 Å². The first kappa shape index (κ1) is 9.92. The Hall–Kier alpha value is -1.62. The second-order valence-electron chi connectivity index (χ2n) is 3.59. The molecular formula is C10H14N4O. The molecule has 0 radical (unpaired) electrons. The van der Waals surface area contributed by atoms with E-state index in [9.17, 15) is 0 Å². The fourth-order valence-corrected chi connectivity index (χ4v) is 1.33. The largest absolute Gasteiger partial charge is 0.356 e. The van der Waals surface area contributed by atoms with Crippen LogP contribution in [0.15, 0.2) is 22.9 Å². The third-order valence-corrected chi connectivity index (χ3v) is 2.57. The Kier molecular flexibility index (Phi) is 2.55. The summed E-state index contributed by atoms with van der Waals surface area (Å²) in [6, 6.07) is 4.12. The minimum absolute atomic E-state index is 0.248. The molecule has 1 atom stereocenters. The van der Waals surface area contributed by atoms with Gasteiger partial charge in [-0.15, -0.1) is 0 Å². The van der Waals surface area contributed by atoms with Crippen LogP contribution in [0.3, 0.4) is 0 Å². The van der Waals surface area contributed by atoms with Crippen molar-refractivity contribution in [2.45, 2.75) is 13.0 Å². The van der Waals surface area contributed by atoms with Crippen molar-refractivity contribution in [1.29, 1.82) is 0 Å². The summed E-state index contributed by atoms with van der Waals surface area (Å²) in [5.74, 6) is 0.845. The first-order chi connectivity index (χ1) is 7.22. The topological polar surface area (TPSA) is 68.2 Å². The van der Waals surface area contributed by atoms with Gasteiger partial charge in [0.15, 0.2) is 0 Å². The molecule has 2 rings (SSSR count). The zero-order valence-electron chi connectivity index (χ0n) is 8.84. The van der Waals surface area contributed by atoms with Crippen molar-refractivity contribution in [2.24, 2.45) is 5.73 Å². The maximum absolute atomic E-state index is 5.60. The Labute approximate surface area is 87.9 Å². The molecule has 0 amide bonds. The standard InChI is InChI=1S/C10H14N4O/c1-7(5-11)14(2)9-4-3-8-6-12-15-10(8)13-9/h3-4,6-7H,5,11H2,1-2H3. The number of nitrogens with zero attached hydrogens (tertiary/aromatic N) is 3. The van der Waals surface area contributed by atoms with E-state index in [0.717, 1.165) is 11.2 Å². The van der Waals surface area contributed by atoms with Crippen LogP contribution in [0, 0.1) is 0 Å². The molecule has 0 spiro atoms. The Morgan fingerprint density at radius 2 is 2.33 bits per heavy atom. The van der Waals surface area contributed by atoms with Crippen molar-refractivity contribution in [3.63, 3.8) is 0 Å². The summed E-state index contributed by atoms with van der Waals surface area (Å²) in [5, 5.41) is 4.60. The average Bonchev–Trinajstić information content (AvgIpc) is 2.73. The van der Waals surface area contributed by atoms with Crippen molar-refractivity contribution in [3.8, 4) is 0 Å². The molecule has 0 aliphatic carbocycles. The van der Waals surface area contributed by atoms with E-state index in [1.807, 2.05) is 31.0 Å². The number of hydrogen-bond donors (Lipinski definition) is 1. The van der Waals surface area contributed by atoms with Gasteiger partial charge in [0.25, 0.3) is 5.71 Å². The van der Waals surface area contributed by atoms with E-state index >= 15 is 0 Å². The van der Waals surface area contributed by atoms with E-state index in [-0.39, 0.29) is 6.04 Å². The molecule has 15 heavy (non-hydrogen) atoms. The first-order valence-corrected chi connectivity index (χ1v) is 4.86. The number of likely N-dealkylation sites (N-methyl/N-ethyl adjacent to an activating group) is 1. The van der Waals surface area contributed by atoms with Gasteiger partial charge in [0, 0.05) is 19.6 Å². The fraction of sp³-hybridized carbons (Fsp3) is 0.400. The lowest BCUT2D eigenvalue weighted by Crippen LogP contribution is -2.35. The molecule has 5 heteroatoms. The lowest BCUT2D eigenvalue weighted by Gasteiger charge is -2.24. The number of aromatic nitrogens is 2. The minimum Gasteiger partial charge on any atom is -0.356 e. The fourth-order valence-electron chi connectivity index (χ4n) is 1.33. The summed E-state index contributed by atoms with van der Waals surface area (Å²) < 4.78 is 5.00. The second kappa shape index (κ2) is 3.86. The molecule has 0 aromatic carbocycles. The van der Waals surface area contributed by atoms with Crippen molar-refractivity contribution >= 4 is 16.9 Å². The summed E-state index contributed by atoms with van der Waals surface area (Å²) in [4.78, 5) is 6.36. The van der Waals surface area contributed by atoms with Crippen LogP contribution in [0.25, 0.3) is 11.1 Å². The molecule has 2 aromatic heterocycles. The molecule has 80 valence electrons. The van der Waals surface area contributed by atoms with Crippen LogP contribution in [0.4, 0.5) is 5.82 Å². The molecule has 0 fully saturated rings. The number of rotatable bonds is 3. The van der Waals surface area contributed by atoms with Gasteiger partial charge >= 0.3 is 0 Å². The Balaban J connectivity index is 2.35. The van der Waals surface area contributed by atoms with Gasteiger partial charge in [-0.2, -0.15) is 4.98 Å². The highest BCUT2D eigenvalue weighted by molar-refractivity contribution is 5.73. The van der Waals surface area contributed by atoms with E-state index in [1.54, 1.807) is 6.20 Å². The molecule has 2 aromatic rings. The van der Waals surface area contributed by atoms with Gasteiger partial charge in [0.1, 0.15) is 5.82 Å². The summed E-state index contributed by atoms with van der Waals surface area (Å²) in [5.41, 5.74) is 6.16. The molecule has 2 heterocycles. The molecule has 0 aliphatic rings. The van der Waals surface area contributed by atoms with Gasteiger partial charge in [0.2, 0.25) is 0 Å². The van der Waals surface area contributed by atoms with Crippen molar-refractivity contribution in [2.75, 3.05) is 18.5 Å². The lowest BCUT2D eigenvalue weighted by molar-refractivity contribution is 0.448. The zero-order chi connectivity index (χ0) is 10.8. The van der Waals surface area contributed by atoms with Crippen molar-refractivity contribution < 1.29 is 4.52 Å². The number of anilines is 1. The maximum atomic E-state index is 5.60. The van der Waals surface area contributed by atoms with E-state index in [4.69, 9.17) is 10.3 Å². The van der Waals surface area contributed by atoms with Gasteiger partial charge in [0.05, 0.1) is 11.6 Å². The second-order valence-corrected chi connectivity index (χ2v) is 3.59. The number of pyridine rings is 1. The van der Waals surface area contributed by atoms with E-state index < -0.39 is 0 Å². The monoisotopic (exact) mass is 206 g/mol. The predicted molar refractivity (Wildman–Crippen MR) is 58.7 cm³/mol. The highest BCUT2D eigenvalue weighted by Crippen LogP contribution is 2.17.